The number of hydrogen-bond donors (Lipinski definition) is 1. The summed E-state index contributed by atoms with van der Waals surface area (Å²) >= 11 is 0. The smallest absolute Gasteiger partial charge is 0.257 e. The Hall–Kier alpha value is -2.65. The second-order valence-electron chi connectivity index (χ2n) is 7.96. The lowest BCUT2D eigenvalue weighted by Crippen LogP contribution is -2.48. The van der Waals surface area contributed by atoms with Gasteiger partial charge in [-0.2, -0.15) is 0 Å². The van der Waals surface area contributed by atoms with Crippen LogP contribution in [-0.2, 0) is 19.1 Å². The molecule has 31 heavy (non-hydrogen) atoms. The Morgan fingerprint density at radius 3 is 2.55 bits per heavy atom. The van der Waals surface area contributed by atoms with Gasteiger partial charge >= 0.3 is 0 Å². The van der Waals surface area contributed by atoms with E-state index in [1.165, 1.54) is 14.0 Å². The van der Waals surface area contributed by atoms with Gasteiger partial charge in [-0.25, -0.2) is 0 Å². The highest BCUT2D eigenvalue weighted by Crippen LogP contribution is 2.26. The Morgan fingerprint density at radius 2 is 1.94 bits per heavy atom. The van der Waals surface area contributed by atoms with Gasteiger partial charge in [-0.1, -0.05) is 6.92 Å². The van der Waals surface area contributed by atoms with E-state index < -0.39 is 0 Å². The molecular formula is C22H33N3O6. The van der Waals surface area contributed by atoms with Gasteiger partial charge in [-0.15, -0.1) is 0 Å². The van der Waals surface area contributed by atoms with Crippen molar-refractivity contribution in [3.8, 4) is 5.75 Å². The number of methoxy groups -OCH3 is 2. The summed E-state index contributed by atoms with van der Waals surface area (Å²) < 4.78 is 16.5. The summed E-state index contributed by atoms with van der Waals surface area (Å²) in [5.41, 5.74) is 0.861. The minimum Gasteiger partial charge on any atom is -0.491 e. The molecule has 1 aromatic rings. The van der Waals surface area contributed by atoms with Crippen molar-refractivity contribution in [2.45, 2.75) is 32.9 Å². The fourth-order valence-corrected chi connectivity index (χ4v) is 3.62. The van der Waals surface area contributed by atoms with Gasteiger partial charge in [0, 0.05) is 59.0 Å². The summed E-state index contributed by atoms with van der Waals surface area (Å²) in [7, 11) is 4.75. The Kier molecular flexibility index (Phi) is 8.82. The highest BCUT2D eigenvalue weighted by atomic mass is 16.5. The van der Waals surface area contributed by atoms with Crippen LogP contribution in [0, 0.1) is 5.92 Å². The predicted molar refractivity (Wildman–Crippen MR) is 116 cm³/mol. The molecule has 1 heterocycles. The molecule has 0 saturated carbocycles. The van der Waals surface area contributed by atoms with E-state index in [1.54, 1.807) is 42.2 Å². The molecule has 0 fully saturated rings. The summed E-state index contributed by atoms with van der Waals surface area (Å²) in [5, 5.41) is 2.71. The predicted octanol–water partition coefficient (Wildman–Crippen LogP) is 1.62. The van der Waals surface area contributed by atoms with Crippen LogP contribution < -0.4 is 10.1 Å². The van der Waals surface area contributed by atoms with E-state index in [9.17, 15) is 14.4 Å². The quantitative estimate of drug-likeness (QED) is 0.772. The van der Waals surface area contributed by atoms with Gasteiger partial charge in [0.15, 0.2) is 0 Å². The van der Waals surface area contributed by atoms with E-state index in [1.807, 2.05) is 13.8 Å². The number of hydrogen-bond acceptors (Lipinski definition) is 6. The number of likely N-dealkylation sites (N-methyl/N-ethyl adjacent to an activating group) is 1. The van der Waals surface area contributed by atoms with Gasteiger partial charge in [-0.05, 0) is 19.1 Å². The number of nitrogens with zero attached hydrogens (tertiary/aromatic N) is 2. The number of amides is 3. The molecule has 3 amide bonds. The topological polar surface area (TPSA) is 97.4 Å². The van der Waals surface area contributed by atoms with Crippen molar-refractivity contribution in [3.63, 3.8) is 0 Å². The molecule has 0 unspecified atom stereocenters. The lowest BCUT2D eigenvalue weighted by atomic mass is 10.0. The highest BCUT2D eigenvalue weighted by molar-refractivity contribution is 5.98. The second-order valence-corrected chi connectivity index (χ2v) is 7.96. The Balaban J connectivity index is 2.41. The molecule has 9 heteroatoms. The van der Waals surface area contributed by atoms with Crippen molar-refractivity contribution in [3.05, 3.63) is 23.8 Å². The van der Waals surface area contributed by atoms with Crippen LogP contribution >= 0.6 is 0 Å². The van der Waals surface area contributed by atoms with Crippen LogP contribution in [0.5, 0.6) is 5.75 Å². The van der Waals surface area contributed by atoms with Gasteiger partial charge in [0.25, 0.3) is 5.91 Å². The van der Waals surface area contributed by atoms with Crippen LogP contribution in [0.3, 0.4) is 0 Å². The molecule has 1 aromatic carbocycles. The third kappa shape index (κ3) is 6.41. The molecular weight excluding hydrogens is 402 g/mol. The normalized spacial score (nSPS) is 22.6. The lowest BCUT2D eigenvalue weighted by Gasteiger charge is -2.35. The number of rotatable bonds is 4. The fraction of sp³-hybridized carbons (Fsp3) is 0.591. The molecule has 0 spiro atoms. The maximum Gasteiger partial charge on any atom is 0.257 e. The molecule has 0 saturated heterocycles. The van der Waals surface area contributed by atoms with E-state index in [-0.39, 0.29) is 49.0 Å². The number of anilines is 1. The van der Waals surface area contributed by atoms with Gasteiger partial charge < -0.3 is 29.3 Å². The first-order chi connectivity index (χ1) is 14.7. The van der Waals surface area contributed by atoms with Crippen molar-refractivity contribution in [2.24, 2.45) is 5.92 Å². The third-order valence-electron chi connectivity index (χ3n) is 5.41. The molecule has 0 aliphatic carbocycles. The molecule has 1 N–H and O–H groups in total. The fourth-order valence-electron chi connectivity index (χ4n) is 3.62. The minimum atomic E-state index is -0.313. The Morgan fingerprint density at radius 1 is 1.23 bits per heavy atom. The van der Waals surface area contributed by atoms with Crippen LogP contribution in [-0.4, -0.2) is 87.2 Å². The molecule has 0 bridgehead atoms. The number of benzene rings is 1. The first-order valence-corrected chi connectivity index (χ1v) is 10.3. The molecule has 2 rings (SSSR count). The number of carbonyl (C=O) groups excluding carboxylic acids is 3. The van der Waals surface area contributed by atoms with Crippen molar-refractivity contribution in [1.82, 2.24) is 9.80 Å². The van der Waals surface area contributed by atoms with E-state index in [4.69, 9.17) is 14.2 Å². The number of ether oxygens (including phenoxy) is 3. The first kappa shape index (κ1) is 24.6. The van der Waals surface area contributed by atoms with E-state index in [2.05, 4.69) is 5.32 Å². The number of fused-ring (bicyclic) bond motifs is 1. The van der Waals surface area contributed by atoms with Gasteiger partial charge in [0.1, 0.15) is 19.0 Å². The summed E-state index contributed by atoms with van der Waals surface area (Å²) in [5.74, 6) is -0.225. The molecule has 172 valence electrons. The zero-order valence-corrected chi connectivity index (χ0v) is 19.1. The van der Waals surface area contributed by atoms with E-state index in [0.717, 1.165) is 0 Å². The van der Waals surface area contributed by atoms with Gasteiger partial charge in [-0.3, -0.25) is 14.4 Å². The van der Waals surface area contributed by atoms with Crippen molar-refractivity contribution >= 4 is 23.4 Å². The van der Waals surface area contributed by atoms with Crippen LogP contribution in [0.15, 0.2) is 18.2 Å². The van der Waals surface area contributed by atoms with E-state index >= 15 is 0 Å². The summed E-state index contributed by atoms with van der Waals surface area (Å²) in [6.07, 6.45) is -0.237. The summed E-state index contributed by atoms with van der Waals surface area (Å²) in [6, 6.07) is 4.67. The average molecular weight is 436 g/mol. The maximum atomic E-state index is 13.1. The Bertz CT molecular complexity index is 799. The second kappa shape index (κ2) is 11.1. The molecule has 1 aliphatic heterocycles. The minimum absolute atomic E-state index is 0.0175. The highest BCUT2D eigenvalue weighted by Gasteiger charge is 2.29. The molecule has 0 radical (unpaired) electrons. The van der Waals surface area contributed by atoms with Crippen molar-refractivity contribution in [2.75, 3.05) is 52.9 Å². The van der Waals surface area contributed by atoms with Gasteiger partial charge in [0.05, 0.1) is 17.7 Å². The van der Waals surface area contributed by atoms with Crippen molar-refractivity contribution < 1.29 is 28.6 Å². The maximum absolute atomic E-state index is 13.1. The zero-order chi connectivity index (χ0) is 23.1. The first-order valence-electron chi connectivity index (χ1n) is 10.3. The molecule has 3 atom stereocenters. The average Bonchev–Trinajstić information content (AvgIpc) is 2.72. The zero-order valence-electron chi connectivity index (χ0n) is 19.1. The SMILES string of the molecule is COCC(=O)Nc1ccc2c(c1)OC[C@@H](C)N(C(C)=O)C[C@@H](C)[C@@H](OC)CN(C)C2=O. The number of nitrogens with one attached hydrogen (secondary N) is 1. The monoisotopic (exact) mass is 435 g/mol. The van der Waals surface area contributed by atoms with Gasteiger partial charge in [0.2, 0.25) is 11.8 Å². The van der Waals surface area contributed by atoms with Crippen LogP contribution in [0.1, 0.15) is 31.1 Å². The lowest BCUT2D eigenvalue weighted by molar-refractivity contribution is -0.133. The largest absolute Gasteiger partial charge is 0.491 e. The summed E-state index contributed by atoms with van der Waals surface area (Å²) in [6.45, 7) is 6.40. The Labute approximate surface area is 183 Å². The molecule has 9 nitrogen and oxygen atoms in total. The number of carbonyl (C=O) groups is 3. The van der Waals surface area contributed by atoms with Crippen molar-refractivity contribution in [1.29, 1.82) is 0 Å². The molecule has 1 aliphatic rings. The standard InChI is InChI=1S/C22H33N3O6/c1-14-10-25(16(3)26)15(2)12-31-19-9-17(23-21(27)13-29-5)7-8-18(19)22(28)24(4)11-20(14)30-6/h7-9,14-15,20H,10-13H2,1-6H3,(H,23,27)/t14-,15-,20+/m1/s1. The van der Waals surface area contributed by atoms with Crippen LogP contribution in [0.4, 0.5) is 5.69 Å². The van der Waals surface area contributed by atoms with Crippen LogP contribution in [0.2, 0.25) is 0 Å². The third-order valence-corrected chi connectivity index (χ3v) is 5.41. The van der Waals surface area contributed by atoms with Crippen LogP contribution in [0.25, 0.3) is 0 Å². The molecule has 0 aromatic heterocycles. The summed E-state index contributed by atoms with van der Waals surface area (Å²) in [4.78, 5) is 40.6. The van der Waals surface area contributed by atoms with E-state index in [0.29, 0.717) is 30.1 Å².